The van der Waals surface area contributed by atoms with Crippen LogP contribution in [0.5, 0.6) is 0 Å². The van der Waals surface area contributed by atoms with Gasteiger partial charge in [-0.2, -0.15) is 0 Å². The topological polar surface area (TPSA) is 46.3 Å². The lowest BCUT2D eigenvalue weighted by molar-refractivity contribution is -0.134. The van der Waals surface area contributed by atoms with Crippen LogP contribution in [0.15, 0.2) is 28.7 Å². The molecule has 110 valence electrons. The normalized spacial score (nSPS) is 16.2. The molecule has 0 aromatic heterocycles. The van der Waals surface area contributed by atoms with Gasteiger partial charge in [0.1, 0.15) is 0 Å². The summed E-state index contributed by atoms with van der Waals surface area (Å²) >= 11 is 3.55. The first kappa shape index (κ1) is 15.5. The van der Waals surface area contributed by atoms with E-state index in [1.807, 2.05) is 23.1 Å². The van der Waals surface area contributed by atoms with Gasteiger partial charge in [0.05, 0.1) is 6.04 Å². The Hall–Kier alpha value is -0.870. The van der Waals surface area contributed by atoms with E-state index in [1.165, 1.54) is 0 Å². The molecule has 1 aliphatic rings. The second kappa shape index (κ2) is 6.72. The number of carbonyl (C=O) groups is 1. The summed E-state index contributed by atoms with van der Waals surface area (Å²) in [5.74, 6) is 0.537. The van der Waals surface area contributed by atoms with E-state index in [4.69, 9.17) is 5.73 Å². The van der Waals surface area contributed by atoms with Crippen LogP contribution in [0, 0.1) is 5.92 Å². The molecule has 1 aromatic rings. The quantitative estimate of drug-likeness (QED) is 0.864. The molecule has 1 aromatic carbocycles. The zero-order valence-electron chi connectivity index (χ0n) is 12.2. The van der Waals surface area contributed by atoms with Crippen LogP contribution in [0.1, 0.15) is 38.7 Å². The average molecular weight is 339 g/mol. The highest BCUT2D eigenvalue weighted by Gasteiger charge is 2.35. The van der Waals surface area contributed by atoms with Crippen molar-refractivity contribution < 1.29 is 4.79 Å². The zero-order valence-corrected chi connectivity index (χ0v) is 13.8. The number of nitrogens with zero attached hydrogens (tertiary/aromatic N) is 1. The molecule has 1 amide bonds. The standard InChI is InChI=1S/C16H23BrN2O/c1-11(2)9-15(18)16(20)19(13-7-8-13)10-12-5-3-4-6-14(12)17/h3-6,11,13,15H,7-10,18H2,1-2H3/t15-/m0/s1. The number of hydrogen-bond acceptors (Lipinski definition) is 2. The molecule has 20 heavy (non-hydrogen) atoms. The van der Waals surface area contributed by atoms with E-state index in [0.29, 0.717) is 18.5 Å². The van der Waals surface area contributed by atoms with Crippen molar-refractivity contribution in [3.8, 4) is 0 Å². The maximum atomic E-state index is 12.6. The number of hydrogen-bond donors (Lipinski definition) is 1. The van der Waals surface area contributed by atoms with Crippen molar-refractivity contribution in [2.45, 2.75) is 51.7 Å². The lowest BCUT2D eigenvalue weighted by Crippen LogP contribution is -2.45. The van der Waals surface area contributed by atoms with Crippen LogP contribution in [0.25, 0.3) is 0 Å². The van der Waals surface area contributed by atoms with Gasteiger partial charge in [-0.3, -0.25) is 4.79 Å². The molecule has 2 N–H and O–H groups in total. The van der Waals surface area contributed by atoms with Crippen LogP contribution in [-0.4, -0.2) is 22.9 Å². The van der Waals surface area contributed by atoms with Crippen molar-refractivity contribution in [3.05, 3.63) is 34.3 Å². The molecule has 1 fully saturated rings. The Bertz CT molecular complexity index is 471. The minimum Gasteiger partial charge on any atom is -0.334 e. The van der Waals surface area contributed by atoms with Crippen LogP contribution in [0.3, 0.4) is 0 Å². The van der Waals surface area contributed by atoms with E-state index < -0.39 is 0 Å². The van der Waals surface area contributed by atoms with Crippen LogP contribution in [0.4, 0.5) is 0 Å². The SMILES string of the molecule is CC(C)C[C@H](N)C(=O)N(Cc1ccccc1Br)C1CC1. The highest BCUT2D eigenvalue weighted by Crippen LogP contribution is 2.30. The van der Waals surface area contributed by atoms with Gasteiger partial charge in [0.15, 0.2) is 0 Å². The molecule has 0 bridgehead atoms. The van der Waals surface area contributed by atoms with Gasteiger partial charge < -0.3 is 10.6 Å². The van der Waals surface area contributed by atoms with E-state index in [9.17, 15) is 4.79 Å². The maximum absolute atomic E-state index is 12.6. The van der Waals surface area contributed by atoms with E-state index in [1.54, 1.807) is 0 Å². The molecule has 1 atom stereocenters. The molecule has 4 heteroatoms. The van der Waals surface area contributed by atoms with E-state index in [0.717, 1.165) is 29.3 Å². The van der Waals surface area contributed by atoms with Gasteiger partial charge in [-0.15, -0.1) is 0 Å². The minimum atomic E-state index is -0.377. The Morgan fingerprint density at radius 3 is 2.60 bits per heavy atom. The molecule has 0 aliphatic heterocycles. The fourth-order valence-electron chi connectivity index (χ4n) is 2.40. The Kier molecular flexibility index (Phi) is 5.22. The smallest absolute Gasteiger partial charge is 0.240 e. The van der Waals surface area contributed by atoms with Crippen LogP contribution in [0.2, 0.25) is 0 Å². The summed E-state index contributed by atoms with van der Waals surface area (Å²) in [6.07, 6.45) is 2.95. The third-order valence-electron chi connectivity index (χ3n) is 3.61. The van der Waals surface area contributed by atoms with Crippen LogP contribution in [-0.2, 0) is 11.3 Å². The van der Waals surface area contributed by atoms with Crippen LogP contribution < -0.4 is 5.73 Å². The number of amides is 1. The summed E-state index contributed by atoms with van der Waals surface area (Å²) < 4.78 is 1.05. The molecule has 3 nitrogen and oxygen atoms in total. The molecule has 0 saturated heterocycles. The fourth-order valence-corrected chi connectivity index (χ4v) is 2.82. The molecule has 1 aliphatic carbocycles. The predicted molar refractivity (Wildman–Crippen MR) is 85.1 cm³/mol. The summed E-state index contributed by atoms with van der Waals surface area (Å²) in [5.41, 5.74) is 7.22. The molecule has 2 rings (SSSR count). The van der Waals surface area contributed by atoms with Crippen molar-refractivity contribution in [3.63, 3.8) is 0 Å². The first-order valence-corrected chi connectivity index (χ1v) is 8.07. The largest absolute Gasteiger partial charge is 0.334 e. The van der Waals surface area contributed by atoms with Gasteiger partial charge in [-0.1, -0.05) is 48.0 Å². The van der Waals surface area contributed by atoms with Crippen molar-refractivity contribution >= 4 is 21.8 Å². The zero-order chi connectivity index (χ0) is 14.7. The Morgan fingerprint density at radius 1 is 1.40 bits per heavy atom. The van der Waals surface area contributed by atoms with Crippen molar-refractivity contribution in [1.82, 2.24) is 4.90 Å². The molecule has 0 radical (unpaired) electrons. The van der Waals surface area contributed by atoms with E-state index in [2.05, 4.69) is 35.8 Å². The lowest BCUT2D eigenvalue weighted by atomic mass is 10.0. The van der Waals surface area contributed by atoms with E-state index in [-0.39, 0.29) is 11.9 Å². The van der Waals surface area contributed by atoms with Gasteiger partial charge >= 0.3 is 0 Å². The summed E-state index contributed by atoms with van der Waals surface area (Å²) in [5, 5.41) is 0. The van der Waals surface area contributed by atoms with Crippen LogP contribution >= 0.6 is 15.9 Å². The molecule has 0 heterocycles. The molecule has 0 unspecified atom stereocenters. The average Bonchev–Trinajstić information content (AvgIpc) is 3.20. The van der Waals surface area contributed by atoms with Crippen molar-refractivity contribution in [2.75, 3.05) is 0 Å². The number of nitrogens with two attached hydrogens (primary N) is 1. The minimum absolute atomic E-state index is 0.0944. The summed E-state index contributed by atoms with van der Waals surface area (Å²) in [6.45, 7) is 4.85. The van der Waals surface area contributed by atoms with Crippen molar-refractivity contribution in [2.24, 2.45) is 11.7 Å². The molecular formula is C16H23BrN2O. The lowest BCUT2D eigenvalue weighted by Gasteiger charge is -2.27. The summed E-state index contributed by atoms with van der Waals surface area (Å²) in [4.78, 5) is 14.5. The highest BCUT2D eigenvalue weighted by molar-refractivity contribution is 9.10. The second-order valence-electron chi connectivity index (χ2n) is 6.02. The maximum Gasteiger partial charge on any atom is 0.240 e. The highest BCUT2D eigenvalue weighted by atomic mass is 79.9. The fraction of sp³-hybridized carbons (Fsp3) is 0.562. The first-order chi connectivity index (χ1) is 9.49. The van der Waals surface area contributed by atoms with Crippen molar-refractivity contribution in [1.29, 1.82) is 0 Å². The Morgan fingerprint density at radius 2 is 2.05 bits per heavy atom. The first-order valence-electron chi connectivity index (χ1n) is 7.28. The summed E-state index contributed by atoms with van der Waals surface area (Å²) in [7, 11) is 0. The number of benzene rings is 1. The molecule has 0 spiro atoms. The second-order valence-corrected chi connectivity index (χ2v) is 6.88. The third-order valence-corrected chi connectivity index (χ3v) is 4.39. The van der Waals surface area contributed by atoms with E-state index >= 15 is 0 Å². The van der Waals surface area contributed by atoms with Gasteiger partial charge in [0, 0.05) is 17.1 Å². The van der Waals surface area contributed by atoms with Gasteiger partial charge in [-0.25, -0.2) is 0 Å². The number of rotatable bonds is 6. The Labute approximate surface area is 129 Å². The van der Waals surface area contributed by atoms with Gasteiger partial charge in [-0.05, 0) is 36.8 Å². The molecule has 1 saturated carbocycles. The molecular weight excluding hydrogens is 316 g/mol. The summed E-state index contributed by atoms with van der Waals surface area (Å²) in [6, 6.07) is 8.07. The number of carbonyl (C=O) groups excluding carboxylic acids is 1. The van der Waals surface area contributed by atoms with Gasteiger partial charge in [0.2, 0.25) is 5.91 Å². The number of halogens is 1. The predicted octanol–water partition coefficient (Wildman–Crippen LogP) is 3.31. The monoisotopic (exact) mass is 338 g/mol. The van der Waals surface area contributed by atoms with Gasteiger partial charge in [0.25, 0.3) is 0 Å². The third kappa shape index (κ3) is 4.06. The Balaban J connectivity index is 2.08.